The van der Waals surface area contributed by atoms with Crippen LogP contribution in [0.25, 0.3) is 11.4 Å². The largest absolute Gasteiger partial charge is 0.388 e. The molecule has 0 saturated carbocycles. The van der Waals surface area contributed by atoms with Gasteiger partial charge in [-0.2, -0.15) is 0 Å². The molecule has 2 rings (SSSR count). The van der Waals surface area contributed by atoms with Crippen molar-refractivity contribution in [2.45, 2.75) is 46.8 Å². The average Bonchev–Trinajstić information content (AvgIpc) is 2.76. The maximum atomic E-state index is 9.42. The monoisotopic (exact) mass is 259 g/mol. The van der Waals surface area contributed by atoms with Gasteiger partial charge >= 0.3 is 0 Å². The highest BCUT2D eigenvalue weighted by atomic mass is 16.3. The van der Waals surface area contributed by atoms with Crippen molar-refractivity contribution in [2.24, 2.45) is 0 Å². The Bertz CT molecular complexity index is 594. The fourth-order valence-electron chi connectivity index (χ4n) is 2.19. The summed E-state index contributed by atoms with van der Waals surface area (Å²) in [5, 5.41) is 17.8. The molecule has 0 aliphatic carbocycles. The topological polar surface area (TPSA) is 50.9 Å². The van der Waals surface area contributed by atoms with E-state index in [0.29, 0.717) is 5.82 Å². The first-order valence-corrected chi connectivity index (χ1v) is 6.48. The summed E-state index contributed by atoms with van der Waals surface area (Å²) in [6.45, 7) is 10.3. The number of aliphatic hydroxyl groups is 1. The van der Waals surface area contributed by atoms with Crippen LogP contribution in [0.1, 0.15) is 37.7 Å². The van der Waals surface area contributed by atoms with Crippen LogP contribution in [0.15, 0.2) is 18.2 Å². The van der Waals surface area contributed by atoms with Crippen LogP contribution in [-0.2, 0) is 12.1 Å². The van der Waals surface area contributed by atoms with Gasteiger partial charge in [-0.3, -0.25) is 0 Å². The quantitative estimate of drug-likeness (QED) is 0.902. The summed E-state index contributed by atoms with van der Waals surface area (Å²) in [6.07, 6.45) is 0. The van der Waals surface area contributed by atoms with E-state index in [1.807, 2.05) is 4.57 Å². The van der Waals surface area contributed by atoms with E-state index < -0.39 is 0 Å². The maximum absolute atomic E-state index is 9.42. The third-order valence-electron chi connectivity index (χ3n) is 3.31. The zero-order valence-electron chi connectivity index (χ0n) is 12.2. The summed E-state index contributed by atoms with van der Waals surface area (Å²) in [5.74, 6) is 1.40. The number of aromatic nitrogens is 3. The van der Waals surface area contributed by atoms with Crippen LogP contribution in [0, 0.1) is 13.8 Å². The van der Waals surface area contributed by atoms with E-state index in [9.17, 15) is 5.11 Å². The van der Waals surface area contributed by atoms with E-state index in [2.05, 4.69) is 63.0 Å². The van der Waals surface area contributed by atoms with Gasteiger partial charge in [0, 0.05) is 11.1 Å². The minimum absolute atomic E-state index is 0.102. The Labute approximate surface area is 114 Å². The molecule has 0 amide bonds. The normalized spacial score (nSPS) is 11.9. The third kappa shape index (κ3) is 2.54. The van der Waals surface area contributed by atoms with E-state index in [1.54, 1.807) is 0 Å². The van der Waals surface area contributed by atoms with Gasteiger partial charge in [0.05, 0.1) is 0 Å². The number of benzene rings is 1. The molecule has 0 unspecified atom stereocenters. The second-order valence-corrected chi connectivity index (χ2v) is 5.90. The van der Waals surface area contributed by atoms with Crippen LogP contribution >= 0.6 is 0 Å². The van der Waals surface area contributed by atoms with Gasteiger partial charge in [-0.1, -0.05) is 12.1 Å². The molecule has 4 nitrogen and oxygen atoms in total. The van der Waals surface area contributed by atoms with Gasteiger partial charge in [0.1, 0.15) is 6.61 Å². The molecular weight excluding hydrogens is 238 g/mol. The zero-order chi connectivity index (χ0) is 14.2. The van der Waals surface area contributed by atoms with Gasteiger partial charge in [-0.05, 0) is 51.8 Å². The van der Waals surface area contributed by atoms with Gasteiger partial charge in [-0.15, -0.1) is 10.2 Å². The summed E-state index contributed by atoms with van der Waals surface area (Å²) in [7, 11) is 0. The number of aryl methyl sites for hydroxylation is 2. The van der Waals surface area contributed by atoms with Gasteiger partial charge in [0.2, 0.25) is 0 Å². The first-order chi connectivity index (χ1) is 8.84. The standard InChI is InChI=1S/C15H21N3O/c1-10-6-7-12(8-11(10)2)14-17-16-13(9-19)18(14)15(3,4)5/h6-8,19H,9H2,1-5H3. The minimum Gasteiger partial charge on any atom is -0.388 e. The van der Waals surface area contributed by atoms with Crippen molar-refractivity contribution in [3.05, 3.63) is 35.2 Å². The number of hydrogen-bond donors (Lipinski definition) is 1. The fourth-order valence-corrected chi connectivity index (χ4v) is 2.19. The first-order valence-electron chi connectivity index (χ1n) is 6.48. The molecule has 0 spiro atoms. The van der Waals surface area contributed by atoms with Gasteiger partial charge in [0.25, 0.3) is 0 Å². The third-order valence-corrected chi connectivity index (χ3v) is 3.31. The number of hydrogen-bond acceptors (Lipinski definition) is 3. The molecule has 0 atom stereocenters. The zero-order valence-corrected chi connectivity index (χ0v) is 12.2. The molecule has 2 aromatic rings. The SMILES string of the molecule is Cc1ccc(-c2nnc(CO)n2C(C)(C)C)cc1C. The Balaban J connectivity index is 2.62. The van der Waals surface area contributed by atoms with Crippen molar-refractivity contribution in [3.63, 3.8) is 0 Å². The fraction of sp³-hybridized carbons (Fsp3) is 0.467. The molecule has 102 valence electrons. The molecule has 19 heavy (non-hydrogen) atoms. The van der Waals surface area contributed by atoms with Crippen LogP contribution in [0.4, 0.5) is 0 Å². The smallest absolute Gasteiger partial charge is 0.164 e. The molecule has 0 saturated heterocycles. The van der Waals surface area contributed by atoms with E-state index in [-0.39, 0.29) is 12.1 Å². The van der Waals surface area contributed by atoms with E-state index in [1.165, 1.54) is 11.1 Å². The Morgan fingerprint density at radius 1 is 1.11 bits per heavy atom. The maximum Gasteiger partial charge on any atom is 0.164 e. The lowest BCUT2D eigenvalue weighted by Gasteiger charge is -2.24. The van der Waals surface area contributed by atoms with Crippen LogP contribution in [0.3, 0.4) is 0 Å². The predicted octanol–water partition coefficient (Wildman–Crippen LogP) is 2.81. The van der Waals surface area contributed by atoms with Crippen molar-refractivity contribution < 1.29 is 5.11 Å². The number of aliphatic hydroxyl groups excluding tert-OH is 1. The number of nitrogens with zero attached hydrogens (tertiary/aromatic N) is 3. The first kappa shape index (κ1) is 13.7. The summed E-state index contributed by atoms with van der Waals surface area (Å²) < 4.78 is 2.00. The molecule has 0 fully saturated rings. The summed E-state index contributed by atoms with van der Waals surface area (Å²) in [4.78, 5) is 0. The Morgan fingerprint density at radius 2 is 1.79 bits per heavy atom. The predicted molar refractivity (Wildman–Crippen MR) is 75.9 cm³/mol. The highest BCUT2D eigenvalue weighted by Gasteiger charge is 2.23. The van der Waals surface area contributed by atoms with Crippen molar-refractivity contribution >= 4 is 0 Å². The second-order valence-electron chi connectivity index (χ2n) is 5.90. The van der Waals surface area contributed by atoms with Crippen LogP contribution in [0.5, 0.6) is 0 Å². The molecule has 0 radical (unpaired) electrons. The van der Waals surface area contributed by atoms with Crippen LogP contribution < -0.4 is 0 Å². The lowest BCUT2D eigenvalue weighted by Crippen LogP contribution is -2.25. The molecule has 4 heteroatoms. The summed E-state index contributed by atoms with van der Waals surface area (Å²) in [5.41, 5.74) is 3.35. The molecule has 0 aliphatic rings. The Kier molecular flexibility index (Phi) is 3.45. The second kappa shape index (κ2) is 4.78. The van der Waals surface area contributed by atoms with Crippen LogP contribution in [0.2, 0.25) is 0 Å². The van der Waals surface area contributed by atoms with E-state index >= 15 is 0 Å². The lowest BCUT2D eigenvalue weighted by atomic mass is 10.0. The van der Waals surface area contributed by atoms with Gasteiger partial charge < -0.3 is 9.67 Å². The van der Waals surface area contributed by atoms with Crippen molar-refractivity contribution in [1.29, 1.82) is 0 Å². The summed E-state index contributed by atoms with van der Waals surface area (Å²) >= 11 is 0. The molecule has 1 heterocycles. The van der Waals surface area contributed by atoms with Gasteiger partial charge in [0.15, 0.2) is 11.6 Å². The number of rotatable bonds is 2. The minimum atomic E-state index is -0.171. The average molecular weight is 259 g/mol. The molecule has 0 bridgehead atoms. The van der Waals surface area contributed by atoms with Crippen molar-refractivity contribution in [2.75, 3.05) is 0 Å². The lowest BCUT2D eigenvalue weighted by molar-refractivity contribution is 0.250. The molecule has 1 aromatic heterocycles. The molecular formula is C15H21N3O. The molecule has 0 aliphatic heterocycles. The molecule has 1 aromatic carbocycles. The van der Waals surface area contributed by atoms with Crippen molar-refractivity contribution in [1.82, 2.24) is 14.8 Å². The van der Waals surface area contributed by atoms with E-state index in [0.717, 1.165) is 11.4 Å². The van der Waals surface area contributed by atoms with Gasteiger partial charge in [-0.25, -0.2) is 0 Å². The Hall–Kier alpha value is -1.68. The molecule has 1 N–H and O–H groups in total. The van der Waals surface area contributed by atoms with E-state index in [4.69, 9.17) is 0 Å². The highest BCUT2D eigenvalue weighted by molar-refractivity contribution is 5.58. The summed E-state index contributed by atoms with van der Waals surface area (Å²) in [6, 6.07) is 6.25. The van der Waals surface area contributed by atoms with Crippen molar-refractivity contribution in [3.8, 4) is 11.4 Å². The highest BCUT2D eigenvalue weighted by Crippen LogP contribution is 2.27. The van der Waals surface area contributed by atoms with Crippen LogP contribution in [-0.4, -0.2) is 19.9 Å². The Morgan fingerprint density at radius 3 is 2.32 bits per heavy atom.